The summed E-state index contributed by atoms with van der Waals surface area (Å²) in [6, 6.07) is 8.06. The van der Waals surface area contributed by atoms with Crippen molar-refractivity contribution < 1.29 is 9.90 Å². The van der Waals surface area contributed by atoms with Gasteiger partial charge in [0.2, 0.25) is 0 Å². The number of piperidine rings is 1. The molecule has 1 aromatic carbocycles. The van der Waals surface area contributed by atoms with E-state index in [1.165, 1.54) is 23.7 Å². The van der Waals surface area contributed by atoms with Gasteiger partial charge in [0.15, 0.2) is 0 Å². The van der Waals surface area contributed by atoms with Crippen LogP contribution in [0.2, 0.25) is 0 Å². The van der Waals surface area contributed by atoms with Crippen molar-refractivity contribution in [3.05, 3.63) is 53.2 Å². The van der Waals surface area contributed by atoms with Gasteiger partial charge in [-0.25, -0.2) is 9.97 Å². The van der Waals surface area contributed by atoms with Gasteiger partial charge >= 0.3 is 0 Å². The number of carbonyl (C=O) groups excluding carboxylic acids is 1. The number of thioether (sulfide) groups is 1. The van der Waals surface area contributed by atoms with E-state index in [0.29, 0.717) is 22.4 Å². The maximum Gasteiger partial charge on any atom is 0.257 e. The van der Waals surface area contributed by atoms with Crippen molar-refractivity contribution in [1.29, 1.82) is 0 Å². The summed E-state index contributed by atoms with van der Waals surface area (Å²) < 4.78 is 0. The van der Waals surface area contributed by atoms with Gasteiger partial charge in [0.05, 0.1) is 17.6 Å². The summed E-state index contributed by atoms with van der Waals surface area (Å²) in [6.45, 7) is 8.65. The molecular formula is C23H29N5O2S. The number of nitrogens with zero attached hydrogens (tertiary/aromatic N) is 3. The number of rotatable bonds is 7. The third kappa shape index (κ3) is 4.76. The van der Waals surface area contributed by atoms with E-state index >= 15 is 0 Å². The third-order valence-electron chi connectivity index (χ3n) is 6.01. The summed E-state index contributed by atoms with van der Waals surface area (Å²) in [5, 5.41) is 17.0. The zero-order valence-electron chi connectivity index (χ0n) is 17.8. The van der Waals surface area contributed by atoms with Crippen molar-refractivity contribution in [2.75, 3.05) is 31.1 Å². The molecule has 0 radical (unpaired) electrons. The molecule has 3 heterocycles. The van der Waals surface area contributed by atoms with Gasteiger partial charge in [0, 0.05) is 17.8 Å². The minimum atomic E-state index is -0.150. The van der Waals surface area contributed by atoms with Crippen molar-refractivity contribution in [2.45, 2.75) is 37.3 Å². The number of fused-ring (bicyclic) bond motifs is 1. The van der Waals surface area contributed by atoms with Gasteiger partial charge in [-0.05, 0) is 56.8 Å². The number of aliphatic hydroxyl groups excluding tert-OH is 1. The quantitative estimate of drug-likeness (QED) is 0.347. The Morgan fingerprint density at radius 2 is 2.10 bits per heavy atom. The maximum atomic E-state index is 12.6. The lowest BCUT2D eigenvalue weighted by atomic mass is 9.98. The fourth-order valence-electron chi connectivity index (χ4n) is 4.25. The van der Waals surface area contributed by atoms with E-state index in [2.05, 4.69) is 38.1 Å². The Morgan fingerprint density at radius 1 is 1.32 bits per heavy atom. The van der Waals surface area contributed by atoms with Crippen LogP contribution in [-0.4, -0.2) is 53.3 Å². The highest BCUT2D eigenvalue weighted by Gasteiger charge is 2.32. The number of aliphatic hydroxyl groups is 1. The number of amides is 1. The van der Waals surface area contributed by atoms with Crippen LogP contribution < -0.4 is 15.5 Å². The number of anilines is 2. The average molecular weight is 440 g/mol. The fraction of sp³-hybridized carbons (Fsp3) is 0.435. The van der Waals surface area contributed by atoms with Crippen LogP contribution in [-0.2, 0) is 11.2 Å². The first kappa shape index (κ1) is 21.8. The van der Waals surface area contributed by atoms with Gasteiger partial charge < -0.3 is 20.6 Å². The number of para-hydroxylation sites is 1. The number of hydrogen-bond donors (Lipinski definition) is 3. The molecule has 1 atom stereocenters. The second-order valence-electron chi connectivity index (χ2n) is 8.10. The first-order valence-electron chi connectivity index (χ1n) is 10.7. The summed E-state index contributed by atoms with van der Waals surface area (Å²) in [7, 11) is 0. The molecule has 0 spiro atoms. The van der Waals surface area contributed by atoms with E-state index in [4.69, 9.17) is 0 Å². The van der Waals surface area contributed by atoms with Crippen molar-refractivity contribution in [2.24, 2.45) is 5.92 Å². The average Bonchev–Trinajstić information content (AvgIpc) is 3.18. The number of hydrogen-bond acceptors (Lipinski definition) is 7. The SMILES string of the molecule is C=C(Sc1ncnc(N2c3ccccc3CC2CO)c1C)C(=O)NCC1CCNCC1. The number of carbonyl (C=O) groups is 1. The zero-order chi connectivity index (χ0) is 21.8. The highest BCUT2D eigenvalue weighted by molar-refractivity contribution is 8.04. The number of aromatic nitrogens is 2. The van der Waals surface area contributed by atoms with E-state index in [9.17, 15) is 9.90 Å². The van der Waals surface area contributed by atoms with Gasteiger partial charge in [-0.1, -0.05) is 36.5 Å². The summed E-state index contributed by atoms with van der Waals surface area (Å²) in [5.74, 6) is 1.12. The minimum absolute atomic E-state index is 0.0341. The lowest BCUT2D eigenvalue weighted by molar-refractivity contribution is -0.117. The normalized spacial score (nSPS) is 18.6. The fourth-order valence-corrected chi connectivity index (χ4v) is 4.99. The number of nitrogens with one attached hydrogen (secondary N) is 2. The van der Waals surface area contributed by atoms with Crippen molar-refractivity contribution in [1.82, 2.24) is 20.6 Å². The molecule has 4 rings (SSSR count). The highest BCUT2D eigenvalue weighted by Crippen LogP contribution is 2.40. The Kier molecular flexibility index (Phi) is 6.89. The van der Waals surface area contributed by atoms with Crippen LogP contribution in [0.3, 0.4) is 0 Å². The van der Waals surface area contributed by atoms with Crippen LogP contribution in [0.15, 0.2) is 47.1 Å². The molecule has 1 aromatic heterocycles. The molecule has 1 saturated heterocycles. The highest BCUT2D eigenvalue weighted by atomic mass is 32.2. The molecule has 0 bridgehead atoms. The van der Waals surface area contributed by atoms with Crippen molar-refractivity contribution >= 4 is 29.2 Å². The molecule has 2 aliphatic heterocycles. The van der Waals surface area contributed by atoms with Gasteiger partial charge in [0.1, 0.15) is 17.2 Å². The largest absolute Gasteiger partial charge is 0.394 e. The van der Waals surface area contributed by atoms with Gasteiger partial charge in [0.25, 0.3) is 5.91 Å². The molecule has 0 aliphatic carbocycles. The molecule has 7 nitrogen and oxygen atoms in total. The molecular weight excluding hydrogens is 410 g/mol. The van der Waals surface area contributed by atoms with Crippen molar-refractivity contribution in [3.63, 3.8) is 0 Å². The number of benzene rings is 1. The van der Waals surface area contributed by atoms with E-state index in [-0.39, 0.29) is 18.6 Å². The van der Waals surface area contributed by atoms with Gasteiger partial charge in [-0.2, -0.15) is 0 Å². The van der Waals surface area contributed by atoms with E-state index < -0.39 is 0 Å². The Morgan fingerprint density at radius 3 is 2.87 bits per heavy atom. The molecule has 3 N–H and O–H groups in total. The molecule has 2 aromatic rings. The van der Waals surface area contributed by atoms with E-state index in [1.54, 1.807) is 0 Å². The standard InChI is InChI=1S/C23H29N5O2S/c1-15-21(28-19(13-29)11-18-5-3-4-6-20(18)28)26-14-27-23(15)31-16(2)22(30)25-12-17-7-9-24-10-8-17/h3-6,14,17,19,24,29H,2,7-13H2,1H3,(H,25,30). The summed E-state index contributed by atoms with van der Waals surface area (Å²) in [6.07, 6.45) is 4.44. The maximum absolute atomic E-state index is 12.6. The minimum Gasteiger partial charge on any atom is -0.394 e. The van der Waals surface area contributed by atoms with Crippen LogP contribution in [0.25, 0.3) is 0 Å². The molecule has 1 amide bonds. The smallest absolute Gasteiger partial charge is 0.257 e. The molecule has 1 unspecified atom stereocenters. The predicted octanol–water partition coefficient (Wildman–Crippen LogP) is 2.56. The molecule has 1 fully saturated rings. The topological polar surface area (TPSA) is 90.4 Å². The predicted molar refractivity (Wildman–Crippen MR) is 124 cm³/mol. The Labute approximate surface area is 187 Å². The van der Waals surface area contributed by atoms with Gasteiger partial charge in [-0.3, -0.25) is 4.79 Å². The molecule has 8 heteroatoms. The summed E-state index contributed by atoms with van der Waals surface area (Å²) >= 11 is 1.27. The third-order valence-corrected chi connectivity index (χ3v) is 7.04. The van der Waals surface area contributed by atoms with Crippen LogP contribution in [0, 0.1) is 12.8 Å². The summed E-state index contributed by atoms with van der Waals surface area (Å²) in [5.41, 5.74) is 3.11. The lowest BCUT2D eigenvalue weighted by Crippen LogP contribution is -2.36. The zero-order valence-corrected chi connectivity index (χ0v) is 18.6. The Hall–Kier alpha value is -2.42. The second kappa shape index (κ2) is 9.80. The van der Waals surface area contributed by atoms with Crippen molar-refractivity contribution in [3.8, 4) is 0 Å². The van der Waals surface area contributed by atoms with E-state index in [1.807, 2.05) is 25.1 Å². The van der Waals surface area contributed by atoms with Crippen LogP contribution in [0.4, 0.5) is 11.5 Å². The first-order valence-corrected chi connectivity index (χ1v) is 11.6. The second-order valence-corrected chi connectivity index (χ2v) is 9.18. The molecule has 2 aliphatic rings. The van der Waals surface area contributed by atoms with Crippen LogP contribution in [0.1, 0.15) is 24.0 Å². The van der Waals surface area contributed by atoms with Gasteiger partial charge in [-0.15, -0.1) is 0 Å². The lowest BCUT2D eigenvalue weighted by Gasteiger charge is -2.27. The Balaban J connectivity index is 1.47. The molecule has 31 heavy (non-hydrogen) atoms. The molecule has 164 valence electrons. The summed E-state index contributed by atoms with van der Waals surface area (Å²) in [4.78, 5) is 24.0. The van der Waals surface area contributed by atoms with Crippen LogP contribution >= 0.6 is 11.8 Å². The van der Waals surface area contributed by atoms with E-state index in [0.717, 1.165) is 49.4 Å². The molecule has 0 saturated carbocycles. The Bertz CT molecular complexity index is 961. The first-order chi connectivity index (χ1) is 15.1. The van der Waals surface area contributed by atoms with Crippen LogP contribution in [0.5, 0.6) is 0 Å². The monoisotopic (exact) mass is 439 g/mol.